The van der Waals surface area contributed by atoms with Gasteiger partial charge in [-0.2, -0.15) is 0 Å². The van der Waals surface area contributed by atoms with Gasteiger partial charge in [0.1, 0.15) is 0 Å². The Morgan fingerprint density at radius 1 is 1.27 bits per heavy atom. The van der Waals surface area contributed by atoms with Crippen LogP contribution in [0.4, 0.5) is 0 Å². The Balaban J connectivity index is 3.68. The average Bonchev–Trinajstić information content (AvgIpc) is 1.99. The Bertz CT molecular complexity index is 93.3. The zero-order valence-electron chi connectivity index (χ0n) is 8.09. The van der Waals surface area contributed by atoms with Gasteiger partial charge in [0.25, 0.3) is 0 Å². The maximum atomic E-state index is 5.75. The molecule has 0 radical (unpaired) electrons. The first-order valence-corrected chi connectivity index (χ1v) is 4.29. The molecule has 0 saturated heterocycles. The van der Waals surface area contributed by atoms with E-state index in [9.17, 15) is 0 Å². The van der Waals surface area contributed by atoms with Crippen LogP contribution in [0.2, 0.25) is 0 Å². The fourth-order valence-electron chi connectivity index (χ4n) is 0.997. The first-order valence-electron chi connectivity index (χ1n) is 4.29. The number of hydrogen-bond acceptors (Lipinski definition) is 3. The maximum absolute atomic E-state index is 5.75. The molecule has 0 aliphatic heterocycles. The van der Waals surface area contributed by atoms with Crippen LogP contribution >= 0.6 is 0 Å². The molecule has 0 heterocycles. The van der Waals surface area contributed by atoms with Gasteiger partial charge >= 0.3 is 0 Å². The van der Waals surface area contributed by atoms with Gasteiger partial charge in [-0.05, 0) is 26.9 Å². The summed E-state index contributed by atoms with van der Waals surface area (Å²) >= 11 is 0. The number of nitrogens with two attached hydrogens (primary N) is 1. The number of rotatable bonds is 5. The number of nitrogens with one attached hydrogen (secondary N) is 1. The summed E-state index contributed by atoms with van der Waals surface area (Å²) in [5.41, 5.74) is 5.75. The Kier molecular flexibility index (Phi) is 5.46. The fraction of sp³-hybridized carbons (Fsp3) is 1.00. The van der Waals surface area contributed by atoms with Crippen LogP contribution in [-0.2, 0) is 0 Å². The van der Waals surface area contributed by atoms with Gasteiger partial charge < -0.3 is 5.73 Å². The van der Waals surface area contributed by atoms with E-state index in [1.165, 1.54) is 0 Å². The van der Waals surface area contributed by atoms with Gasteiger partial charge in [0.05, 0.1) is 12.3 Å². The summed E-state index contributed by atoms with van der Waals surface area (Å²) in [7, 11) is 4.12. The van der Waals surface area contributed by atoms with Crippen molar-refractivity contribution in [1.29, 1.82) is 0 Å². The van der Waals surface area contributed by atoms with E-state index in [4.69, 9.17) is 5.73 Å². The predicted octanol–water partition coefficient (Wildman–Crippen LogP) is 0.569. The molecule has 0 aromatic rings. The monoisotopic (exact) mass is 159 g/mol. The van der Waals surface area contributed by atoms with Crippen molar-refractivity contribution in [3.05, 3.63) is 0 Å². The van der Waals surface area contributed by atoms with E-state index in [0.717, 1.165) is 12.8 Å². The lowest BCUT2D eigenvalue weighted by molar-refractivity contribution is 0.217. The smallest absolute Gasteiger partial charge is 0.0601 e. The Morgan fingerprint density at radius 2 is 1.82 bits per heavy atom. The van der Waals surface area contributed by atoms with Crippen LogP contribution in [0.5, 0.6) is 0 Å². The van der Waals surface area contributed by atoms with E-state index in [1.54, 1.807) is 0 Å². The molecule has 2 atom stereocenters. The van der Waals surface area contributed by atoms with Crippen LogP contribution in [0, 0.1) is 0 Å². The van der Waals surface area contributed by atoms with Crippen LogP contribution in [0.3, 0.4) is 0 Å². The standard InChI is InChI=1S/C8H21N3/c1-5-7(9)10-8(6-2)11(3)4/h7-8,10H,5-6,9H2,1-4H3. The Hall–Kier alpha value is -0.120. The van der Waals surface area contributed by atoms with Gasteiger partial charge in [-0.25, -0.2) is 0 Å². The third kappa shape index (κ3) is 4.35. The molecule has 0 saturated carbocycles. The maximum Gasteiger partial charge on any atom is 0.0601 e. The van der Waals surface area contributed by atoms with Crippen molar-refractivity contribution in [3.8, 4) is 0 Å². The summed E-state index contributed by atoms with van der Waals surface area (Å²) in [4.78, 5) is 2.15. The van der Waals surface area contributed by atoms with Gasteiger partial charge in [0.2, 0.25) is 0 Å². The molecule has 3 heteroatoms. The number of hydrogen-bond donors (Lipinski definition) is 2. The lowest BCUT2D eigenvalue weighted by atomic mass is 10.3. The van der Waals surface area contributed by atoms with Crippen molar-refractivity contribution >= 4 is 0 Å². The highest BCUT2D eigenvalue weighted by molar-refractivity contribution is 4.65. The van der Waals surface area contributed by atoms with Crippen molar-refractivity contribution < 1.29 is 0 Å². The van der Waals surface area contributed by atoms with Gasteiger partial charge in [0, 0.05) is 0 Å². The normalized spacial score (nSPS) is 16.9. The lowest BCUT2D eigenvalue weighted by Gasteiger charge is -2.27. The topological polar surface area (TPSA) is 41.3 Å². The summed E-state index contributed by atoms with van der Waals surface area (Å²) in [5, 5.41) is 3.32. The van der Waals surface area contributed by atoms with E-state index in [0.29, 0.717) is 6.17 Å². The second kappa shape index (κ2) is 5.52. The van der Waals surface area contributed by atoms with Gasteiger partial charge in [0.15, 0.2) is 0 Å². The van der Waals surface area contributed by atoms with E-state index in [2.05, 4.69) is 38.2 Å². The Labute approximate surface area is 69.9 Å². The molecule has 68 valence electrons. The highest BCUT2D eigenvalue weighted by Crippen LogP contribution is 1.95. The molecule has 0 aliphatic carbocycles. The molecule has 3 N–H and O–H groups in total. The molecule has 11 heavy (non-hydrogen) atoms. The minimum absolute atomic E-state index is 0.127. The highest BCUT2D eigenvalue weighted by Gasteiger charge is 2.09. The SMILES string of the molecule is CCC(N)NC(CC)N(C)C. The average molecular weight is 159 g/mol. The van der Waals surface area contributed by atoms with Crippen molar-refractivity contribution in [2.45, 2.75) is 39.0 Å². The van der Waals surface area contributed by atoms with Crippen molar-refractivity contribution in [2.24, 2.45) is 5.73 Å². The van der Waals surface area contributed by atoms with E-state index < -0.39 is 0 Å². The largest absolute Gasteiger partial charge is 0.316 e. The molecule has 0 aromatic heterocycles. The summed E-state index contributed by atoms with van der Waals surface area (Å²) in [6.07, 6.45) is 2.60. The number of nitrogens with zero attached hydrogens (tertiary/aromatic N) is 1. The molecule has 0 amide bonds. The van der Waals surface area contributed by atoms with Crippen LogP contribution in [0.1, 0.15) is 26.7 Å². The van der Waals surface area contributed by atoms with Crippen LogP contribution in [-0.4, -0.2) is 31.3 Å². The Morgan fingerprint density at radius 3 is 2.09 bits per heavy atom. The quantitative estimate of drug-likeness (QED) is 0.576. The van der Waals surface area contributed by atoms with Crippen molar-refractivity contribution in [3.63, 3.8) is 0 Å². The molecule has 3 nitrogen and oxygen atoms in total. The third-order valence-corrected chi connectivity index (χ3v) is 1.86. The van der Waals surface area contributed by atoms with Crippen LogP contribution in [0.25, 0.3) is 0 Å². The minimum Gasteiger partial charge on any atom is -0.316 e. The highest BCUT2D eigenvalue weighted by atomic mass is 15.3. The summed E-state index contributed by atoms with van der Waals surface area (Å²) in [5.74, 6) is 0. The first kappa shape index (κ1) is 10.9. The summed E-state index contributed by atoms with van der Waals surface area (Å²) in [6.45, 7) is 4.24. The zero-order valence-corrected chi connectivity index (χ0v) is 8.09. The van der Waals surface area contributed by atoms with Crippen molar-refractivity contribution in [2.75, 3.05) is 14.1 Å². The van der Waals surface area contributed by atoms with Crippen LogP contribution in [0.15, 0.2) is 0 Å². The molecule has 0 aliphatic rings. The van der Waals surface area contributed by atoms with Gasteiger partial charge in [-0.3, -0.25) is 10.2 Å². The van der Waals surface area contributed by atoms with Gasteiger partial charge in [-0.15, -0.1) is 0 Å². The third-order valence-electron chi connectivity index (χ3n) is 1.86. The molecule has 0 bridgehead atoms. The molecule has 0 spiro atoms. The second-order valence-electron chi connectivity index (χ2n) is 3.07. The predicted molar refractivity (Wildman–Crippen MR) is 49.2 cm³/mol. The fourth-order valence-corrected chi connectivity index (χ4v) is 0.997. The second-order valence-corrected chi connectivity index (χ2v) is 3.07. The van der Waals surface area contributed by atoms with Crippen LogP contribution < -0.4 is 11.1 Å². The van der Waals surface area contributed by atoms with Gasteiger partial charge in [-0.1, -0.05) is 13.8 Å². The lowest BCUT2D eigenvalue weighted by Crippen LogP contribution is -2.49. The van der Waals surface area contributed by atoms with E-state index in [-0.39, 0.29) is 6.17 Å². The van der Waals surface area contributed by atoms with Crippen molar-refractivity contribution in [1.82, 2.24) is 10.2 Å². The molecular weight excluding hydrogens is 138 g/mol. The molecule has 0 fully saturated rings. The minimum atomic E-state index is 0.127. The molecule has 0 rings (SSSR count). The van der Waals surface area contributed by atoms with E-state index in [1.807, 2.05) is 0 Å². The molecule has 2 unspecified atom stereocenters. The summed E-state index contributed by atoms with van der Waals surface area (Å²) in [6, 6.07) is 0. The van der Waals surface area contributed by atoms with E-state index >= 15 is 0 Å². The zero-order chi connectivity index (χ0) is 8.85. The summed E-state index contributed by atoms with van der Waals surface area (Å²) < 4.78 is 0. The molecular formula is C8H21N3. The first-order chi connectivity index (χ1) is 5.11. The molecule has 0 aromatic carbocycles.